The second kappa shape index (κ2) is 8.33. The van der Waals surface area contributed by atoms with Crippen LogP contribution in [0, 0.1) is 0 Å². The Kier molecular flexibility index (Phi) is 7.48. The number of aryl methyl sites for hydroxylation is 1. The predicted octanol–water partition coefficient (Wildman–Crippen LogP) is 5.03. The monoisotopic (exact) mass is 325 g/mol. The molecule has 0 aliphatic rings. The van der Waals surface area contributed by atoms with Crippen molar-refractivity contribution in [3.63, 3.8) is 0 Å². The summed E-state index contributed by atoms with van der Waals surface area (Å²) in [7, 11) is 0. The standard InChI is InChI=1S/C13H22Cl3N3/c1-3-5-7-8-10-19-11(9-6-4-2)12(17-18-19)13(14,15)16/h3-10H2,1-2H3. The zero-order valence-electron chi connectivity index (χ0n) is 11.6. The molecule has 0 saturated heterocycles. The molecule has 0 aromatic carbocycles. The lowest BCUT2D eigenvalue weighted by atomic mass is 10.1. The van der Waals surface area contributed by atoms with Gasteiger partial charge in [0.1, 0.15) is 5.69 Å². The van der Waals surface area contributed by atoms with Gasteiger partial charge in [-0.1, -0.05) is 79.5 Å². The van der Waals surface area contributed by atoms with Crippen LogP contribution in [0.3, 0.4) is 0 Å². The van der Waals surface area contributed by atoms with E-state index in [0.29, 0.717) is 5.69 Å². The van der Waals surface area contributed by atoms with Crippen molar-refractivity contribution in [2.75, 3.05) is 0 Å². The second-order valence-electron chi connectivity index (χ2n) is 4.77. The van der Waals surface area contributed by atoms with E-state index in [2.05, 4.69) is 24.2 Å². The predicted molar refractivity (Wildman–Crippen MR) is 82.0 cm³/mol. The van der Waals surface area contributed by atoms with Crippen LogP contribution in [0.1, 0.15) is 63.8 Å². The minimum Gasteiger partial charge on any atom is -0.249 e. The van der Waals surface area contributed by atoms with Crippen LogP contribution >= 0.6 is 34.8 Å². The van der Waals surface area contributed by atoms with Crippen LogP contribution in [0.25, 0.3) is 0 Å². The molecule has 0 amide bonds. The molecule has 1 aromatic heterocycles. The molecule has 110 valence electrons. The van der Waals surface area contributed by atoms with E-state index in [1.54, 1.807) is 0 Å². The maximum Gasteiger partial charge on any atom is 0.236 e. The van der Waals surface area contributed by atoms with Gasteiger partial charge in [-0.2, -0.15) is 0 Å². The summed E-state index contributed by atoms with van der Waals surface area (Å²) < 4.78 is 0.424. The van der Waals surface area contributed by atoms with E-state index >= 15 is 0 Å². The van der Waals surface area contributed by atoms with Gasteiger partial charge in [0, 0.05) is 6.54 Å². The first-order valence-corrected chi connectivity index (χ1v) is 8.13. The second-order valence-corrected chi connectivity index (χ2v) is 7.05. The fraction of sp³-hybridized carbons (Fsp3) is 0.846. The molecule has 0 spiro atoms. The Hall–Kier alpha value is 0.01000. The topological polar surface area (TPSA) is 30.7 Å². The number of hydrogen-bond donors (Lipinski definition) is 0. The smallest absolute Gasteiger partial charge is 0.236 e. The van der Waals surface area contributed by atoms with Crippen molar-refractivity contribution in [1.82, 2.24) is 15.0 Å². The number of nitrogens with zero attached hydrogens (tertiary/aromatic N) is 3. The third-order valence-electron chi connectivity index (χ3n) is 3.10. The molecule has 0 bridgehead atoms. The molecule has 0 N–H and O–H groups in total. The summed E-state index contributed by atoms with van der Waals surface area (Å²) >= 11 is 17.9. The molecule has 3 nitrogen and oxygen atoms in total. The number of aromatic nitrogens is 3. The highest BCUT2D eigenvalue weighted by Crippen LogP contribution is 2.39. The molecule has 0 saturated carbocycles. The molecule has 1 aromatic rings. The maximum absolute atomic E-state index is 5.95. The van der Waals surface area contributed by atoms with Crippen LogP contribution in [0.4, 0.5) is 0 Å². The van der Waals surface area contributed by atoms with Gasteiger partial charge < -0.3 is 0 Å². The van der Waals surface area contributed by atoms with Crippen molar-refractivity contribution < 1.29 is 0 Å². The molecule has 0 aliphatic carbocycles. The minimum absolute atomic E-state index is 0.487. The number of alkyl halides is 3. The Morgan fingerprint density at radius 2 is 1.68 bits per heavy atom. The lowest BCUT2D eigenvalue weighted by molar-refractivity contribution is 0.508. The first-order valence-electron chi connectivity index (χ1n) is 7.00. The summed E-state index contributed by atoms with van der Waals surface area (Å²) in [6, 6.07) is 0. The average molecular weight is 327 g/mol. The Morgan fingerprint density at radius 1 is 1.00 bits per heavy atom. The number of hydrogen-bond acceptors (Lipinski definition) is 2. The normalized spacial score (nSPS) is 12.1. The van der Waals surface area contributed by atoms with E-state index in [-0.39, 0.29) is 0 Å². The summed E-state index contributed by atoms with van der Waals surface area (Å²) in [4.78, 5) is 0. The van der Waals surface area contributed by atoms with E-state index < -0.39 is 3.79 Å². The minimum atomic E-state index is -1.48. The molecule has 19 heavy (non-hydrogen) atoms. The molecule has 0 atom stereocenters. The molecule has 1 heterocycles. The van der Waals surface area contributed by atoms with Gasteiger partial charge in [-0.25, -0.2) is 4.68 Å². The summed E-state index contributed by atoms with van der Waals surface area (Å²) in [5.41, 5.74) is 1.46. The van der Waals surface area contributed by atoms with Crippen LogP contribution in [0.2, 0.25) is 0 Å². The van der Waals surface area contributed by atoms with Gasteiger partial charge >= 0.3 is 0 Å². The zero-order valence-corrected chi connectivity index (χ0v) is 13.9. The highest BCUT2D eigenvalue weighted by Gasteiger charge is 2.31. The highest BCUT2D eigenvalue weighted by atomic mass is 35.6. The number of unbranched alkanes of at least 4 members (excludes halogenated alkanes) is 4. The molecule has 6 heteroatoms. The molecule has 0 unspecified atom stereocenters. The fourth-order valence-corrected chi connectivity index (χ4v) is 2.45. The van der Waals surface area contributed by atoms with E-state index in [1.165, 1.54) is 19.3 Å². The third-order valence-corrected chi connectivity index (χ3v) is 3.63. The van der Waals surface area contributed by atoms with Crippen LogP contribution in [0.15, 0.2) is 0 Å². The summed E-state index contributed by atoms with van der Waals surface area (Å²) in [6.45, 7) is 5.19. The maximum atomic E-state index is 5.95. The number of rotatable bonds is 8. The lowest BCUT2D eigenvalue weighted by Crippen LogP contribution is -2.10. The van der Waals surface area contributed by atoms with Crippen molar-refractivity contribution in [1.29, 1.82) is 0 Å². The van der Waals surface area contributed by atoms with Gasteiger partial charge in [0.05, 0.1) is 5.69 Å². The van der Waals surface area contributed by atoms with Gasteiger partial charge in [-0.15, -0.1) is 5.10 Å². The van der Waals surface area contributed by atoms with Gasteiger partial charge in [0.2, 0.25) is 3.79 Å². The molecular weight excluding hydrogens is 305 g/mol. The Labute approximate surface area is 130 Å². The third kappa shape index (κ3) is 5.49. The summed E-state index contributed by atoms with van der Waals surface area (Å²) in [6.07, 6.45) is 7.77. The molecule has 0 radical (unpaired) electrons. The fourth-order valence-electron chi connectivity index (χ4n) is 2.01. The van der Waals surface area contributed by atoms with Gasteiger partial charge in [0.25, 0.3) is 0 Å². The molecular formula is C13H22Cl3N3. The highest BCUT2D eigenvalue weighted by molar-refractivity contribution is 6.66. The van der Waals surface area contributed by atoms with Crippen LogP contribution < -0.4 is 0 Å². The quantitative estimate of drug-likeness (QED) is 0.495. The Balaban J connectivity index is 2.76. The molecule has 0 fully saturated rings. The van der Waals surface area contributed by atoms with Crippen molar-refractivity contribution in [2.24, 2.45) is 0 Å². The SMILES string of the molecule is CCCCCCn1nnc(C(Cl)(Cl)Cl)c1CCCC. The average Bonchev–Trinajstić information content (AvgIpc) is 2.75. The van der Waals surface area contributed by atoms with Crippen molar-refractivity contribution >= 4 is 34.8 Å². The van der Waals surface area contributed by atoms with E-state index in [0.717, 1.165) is 37.9 Å². The Morgan fingerprint density at radius 3 is 2.26 bits per heavy atom. The van der Waals surface area contributed by atoms with Gasteiger partial charge in [0.15, 0.2) is 0 Å². The number of halogens is 3. The summed E-state index contributed by atoms with van der Waals surface area (Å²) in [5.74, 6) is 0. The molecule has 0 aliphatic heterocycles. The van der Waals surface area contributed by atoms with Crippen LogP contribution in [-0.4, -0.2) is 15.0 Å². The van der Waals surface area contributed by atoms with Gasteiger partial charge in [-0.05, 0) is 19.3 Å². The zero-order chi connectivity index (χ0) is 14.3. The van der Waals surface area contributed by atoms with Crippen molar-refractivity contribution in [2.45, 2.75) is 69.1 Å². The Bertz CT molecular complexity index is 372. The lowest BCUT2D eigenvalue weighted by Gasteiger charge is -2.12. The van der Waals surface area contributed by atoms with Crippen LogP contribution in [0.5, 0.6) is 0 Å². The molecule has 1 rings (SSSR count). The van der Waals surface area contributed by atoms with E-state index in [1.807, 2.05) is 4.68 Å². The first kappa shape index (κ1) is 17.1. The van der Waals surface area contributed by atoms with Crippen molar-refractivity contribution in [3.8, 4) is 0 Å². The van der Waals surface area contributed by atoms with E-state index in [4.69, 9.17) is 34.8 Å². The van der Waals surface area contributed by atoms with Crippen molar-refractivity contribution in [3.05, 3.63) is 11.4 Å². The largest absolute Gasteiger partial charge is 0.249 e. The first-order chi connectivity index (χ1) is 9.00. The van der Waals surface area contributed by atoms with Crippen LogP contribution in [-0.2, 0) is 16.8 Å². The van der Waals surface area contributed by atoms with Gasteiger partial charge in [-0.3, -0.25) is 0 Å². The van der Waals surface area contributed by atoms with E-state index in [9.17, 15) is 0 Å². The summed E-state index contributed by atoms with van der Waals surface area (Å²) in [5, 5.41) is 8.20.